The first-order valence-electron chi connectivity index (χ1n) is 15.6. The zero-order valence-electron chi connectivity index (χ0n) is 27.7. The van der Waals surface area contributed by atoms with Gasteiger partial charge in [0.25, 0.3) is 0 Å². The molecular weight excluding hydrogens is 690 g/mol. The van der Waals surface area contributed by atoms with E-state index in [4.69, 9.17) is 11.6 Å². The van der Waals surface area contributed by atoms with E-state index in [9.17, 15) is 0 Å². The molecule has 6 rings (SSSR count). The first-order chi connectivity index (χ1) is 20.3. The number of allylic oxidation sites excluding steroid dienone is 4. The molecular formula is C41H43Cl3Zr. The summed E-state index contributed by atoms with van der Waals surface area (Å²) >= 11 is 3.70. The molecule has 0 aromatic heterocycles. The fraction of sp³-hybridized carbons (Fsp3) is 0.293. The van der Waals surface area contributed by atoms with E-state index in [0.717, 1.165) is 11.4 Å². The van der Waals surface area contributed by atoms with Crippen molar-refractivity contribution in [1.29, 1.82) is 0 Å². The molecule has 0 N–H and O–H groups in total. The molecule has 232 valence electrons. The Morgan fingerprint density at radius 3 is 1.84 bits per heavy atom. The SMILES string of the molecule is Cc1cc2c(cc1C(C)(C)C)-c1cc(C(C)(C)C)c(C)[c]([Zr+2](=[C](c3ccccc3)c3ccc(Cl)cc3)[CH]3C=CC=C3)c1C2.[Cl-].[Cl-]. The standard InChI is InChI=1S/C23H29.C13H9Cl.C5H5.2ClH.Zr/c1-14-9-16-11-17-10-15(2)21(23(6,7)8)13-19(17)18(16)12-20(14)22(3,4)5;14-13-8-6-12(7-9-13)10-11-4-2-1-3-5-11;1-2-4-5-3-1;;;/h9,12-13H,11H2,1-8H3;1-9H;1-5H;2*1H;/q;;;;;+2/p-2. The summed E-state index contributed by atoms with van der Waals surface area (Å²) in [6, 6.07) is 27.4. The van der Waals surface area contributed by atoms with Crippen molar-refractivity contribution >= 4 is 18.1 Å². The van der Waals surface area contributed by atoms with Crippen LogP contribution >= 0.6 is 11.6 Å². The van der Waals surface area contributed by atoms with Gasteiger partial charge in [-0.05, 0) is 0 Å². The van der Waals surface area contributed by atoms with Crippen LogP contribution in [0.4, 0.5) is 0 Å². The molecule has 0 unspecified atom stereocenters. The molecule has 0 nitrogen and oxygen atoms in total. The van der Waals surface area contributed by atoms with E-state index in [-0.39, 0.29) is 35.6 Å². The Bertz CT molecular complexity index is 1800. The molecule has 0 amide bonds. The van der Waals surface area contributed by atoms with Crippen molar-refractivity contribution in [3.05, 3.63) is 147 Å². The minimum atomic E-state index is -2.75. The number of halogens is 3. The number of hydrogen-bond acceptors (Lipinski definition) is 0. The molecule has 0 saturated heterocycles. The second-order valence-corrected chi connectivity index (χ2v) is 21.0. The van der Waals surface area contributed by atoms with E-state index < -0.39 is 21.3 Å². The zero-order valence-corrected chi connectivity index (χ0v) is 32.4. The maximum Gasteiger partial charge on any atom is -1.00 e. The van der Waals surface area contributed by atoms with Crippen molar-refractivity contribution < 1.29 is 46.1 Å². The van der Waals surface area contributed by atoms with Crippen molar-refractivity contribution in [2.75, 3.05) is 0 Å². The molecule has 0 bridgehead atoms. The number of fused-ring (bicyclic) bond motifs is 3. The molecule has 2 aliphatic carbocycles. The average molecular weight is 733 g/mol. The van der Waals surface area contributed by atoms with Gasteiger partial charge in [0.2, 0.25) is 0 Å². The van der Waals surface area contributed by atoms with E-state index in [1.54, 1.807) is 12.0 Å². The van der Waals surface area contributed by atoms with E-state index in [1.807, 2.05) is 0 Å². The molecule has 0 aliphatic heterocycles. The Hall–Kier alpha value is -2.02. The third-order valence-corrected chi connectivity index (χ3v) is 17.8. The summed E-state index contributed by atoms with van der Waals surface area (Å²) in [4.78, 5) is 0. The van der Waals surface area contributed by atoms with Gasteiger partial charge in [0.1, 0.15) is 0 Å². The van der Waals surface area contributed by atoms with Crippen LogP contribution in [0, 0.1) is 13.8 Å². The van der Waals surface area contributed by atoms with Crippen LogP contribution in [0.1, 0.15) is 86.1 Å². The van der Waals surface area contributed by atoms with Crippen molar-refractivity contribution in [3.63, 3.8) is 0 Å². The topological polar surface area (TPSA) is 0 Å². The van der Waals surface area contributed by atoms with Gasteiger partial charge in [0.15, 0.2) is 0 Å². The minimum absolute atomic E-state index is 0. The average Bonchev–Trinajstić information content (AvgIpc) is 3.59. The first kappa shape index (κ1) is 35.8. The molecule has 2 aliphatic rings. The van der Waals surface area contributed by atoms with Gasteiger partial charge in [0, 0.05) is 0 Å². The summed E-state index contributed by atoms with van der Waals surface area (Å²) in [5.74, 6) is 0. The van der Waals surface area contributed by atoms with Gasteiger partial charge >= 0.3 is 273 Å². The summed E-state index contributed by atoms with van der Waals surface area (Å²) in [5, 5.41) is 0.786. The van der Waals surface area contributed by atoms with Gasteiger partial charge < -0.3 is 24.8 Å². The molecule has 4 aromatic rings. The van der Waals surface area contributed by atoms with Crippen LogP contribution < -0.4 is 28.1 Å². The maximum atomic E-state index is 6.45. The van der Waals surface area contributed by atoms with Gasteiger partial charge in [-0.1, -0.05) is 0 Å². The maximum absolute atomic E-state index is 6.45. The van der Waals surface area contributed by atoms with Crippen LogP contribution in [0.5, 0.6) is 0 Å². The van der Waals surface area contributed by atoms with E-state index in [1.165, 1.54) is 50.1 Å². The van der Waals surface area contributed by atoms with Crippen LogP contribution in [0.3, 0.4) is 0 Å². The van der Waals surface area contributed by atoms with Crippen molar-refractivity contribution in [1.82, 2.24) is 0 Å². The Morgan fingerprint density at radius 1 is 0.711 bits per heavy atom. The van der Waals surface area contributed by atoms with Crippen LogP contribution in [0.25, 0.3) is 11.1 Å². The summed E-state index contributed by atoms with van der Waals surface area (Å²) in [6.45, 7) is 18.9. The first-order valence-corrected chi connectivity index (χ1v) is 19.8. The quantitative estimate of drug-likeness (QED) is 0.255. The summed E-state index contributed by atoms with van der Waals surface area (Å²) in [5.41, 5.74) is 14.7. The number of benzene rings is 4. The number of aryl methyl sites for hydroxylation is 1. The molecule has 0 saturated carbocycles. The van der Waals surface area contributed by atoms with Crippen LogP contribution in [-0.4, -0.2) is 3.21 Å². The van der Waals surface area contributed by atoms with Crippen molar-refractivity contribution in [2.45, 2.75) is 76.3 Å². The van der Waals surface area contributed by atoms with Gasteiger partial charge in [-0.3, -0.25) is 0 Å². The molecule has 0 heterocycles. The molecule has 0 radical (unpaired) electrons. The van der Waals surface area contributed by atoms with E-state index >= 15 is 0 Å². The Labute approximate surface area is 296 Å². The number of rotatable bonds is 4. The fourth-order valence-electron chi connectivity index (χ4n) is 7.35. The van der Waals surface area contributed by atoms with E-state index in [2.05, 4.69) is 152 Å². The van der Waals surface area contributed by atoms with Crippen molar-refractivity contribution in [2.24, 2.45) is 0 Å². The number of hydrogen-bond donors (Lipinski definition) is 0. The third kappa shape index (κ3) is 6.85. The molecule has 45 heavy (non-hydrogen) atoms. The second-order valence-electron chi connectivity index (χ2n) is 14.4. The predicted molar refractivity (Wildman–Crippen MR) is 184 cm³/mol. The van der Waals surface area contributed by atoms with Crippen molar-refractivity contribution in [3.8, 4) is 11.1 Å². The Kier molecular flexibility index (Phi) is 10.8. The van der Waals surface area contributed by atoms with Crippen LogP contribution in [-0.2, 0) is 38.5 Å². The van der Waals surface area contributed by atoms with Gasteiger partial charge in [-0.2, -0.15) is 0 Å². The smallest absolute Gasteiger partial charge is 1.00 e. The second kappa shape index (κ2) is 13.6. The molecule has 0 atom stereocenters. The molecule has 4 heteroatoms. The Morgan fingerprint density at radius 2 is 1.27 bits per heavy atom. The largest absolute Gasteiger partial charge is 1.00 e. The molecule has 0 spiro atoms. The summed E-state index contributed by atoms with van der Waals surface area (Å²) < 4.78 is 3.69. The van der Waals surface area contributed by atoms with Gasteiger partial charge in [0.05, 0.1) is 0 Å². The zero-order chi connectivity index (χ0) is 30.7. The monoisotopic (exact) mass is 730 g/mol. The molecule has 4 aromatic carbocycles. The fourth-order valence-corrected chi connectivity index (χ4v) is 16.2. The summed E-state index contributed by atoms with van der Waals surface area (Å²) in [6.07, 6.45) is 10.5. The van der Waals surface area contributed by atoms with Gasteiger partial charge in [-0.25, -0.2) is 0 Å². The minimum Gasteiger partial charge on any atom is -1.00 e. The normalized spacial score (nSPS) is 14.0. The Balaban J connectivity index is 0.00000230. The van der Waals surface area contributed by atoms with Crippen LogP contribution in [0.2, 0.25) is 8.65 Å². The third-order valence-electron chi connectivity index (χ3n) is 9.23. The van der Waals surface area contributed by atoms with E-state index in [0.29, 0.717) is 3.63 Å². The van der Waals surface area contributed by atoms with Gasteiger partial charge in [-0.15, -0.1) is 0 Å². The summed E-state index contributed by atoms with van der Waals surface area (Å²) in [7, 11) is 0. The van der Waals surface area contributed by atoms with Crippen LogP contribution in [0.15, 0.2) is 97.1 Å². The molecule has 0 fully saturated rings. The predicted octanol–water partition coefficient (Wildman–Crippen LogP) is 4.56.